The van der Waals surface area contributed by atoms with Crippen LogP contribution >= 0.6 is 0 Å². The molecule has 7 nitrogen and oxygen atoms in total. The third kappa shape index (κ3) is 3.88. The van der Waals surface area contributed by atoms with E-state index >= 15 is 0 Å². The summed E-state index contributed by atoms with van der Waals surface area (Å²) in [6, 6.07) is 11.7. The van der Waals surface area contributed by atoms with Crippen molar-refractivity contribution in [2.45, 2.75) is 17.9 Å². The van der Waals surface area contributed by atoms with E-state index in [2.05, 4.69) is 9.88 Å². The molecule has 2 N–H and O–H groups in total. The molecule has 0 bridgehead atoms. The number of carbonyl (C=O) groups is 1. The number of aromatic carboxylic acids is 1. The number of carboxylic acids is 1. The third-order valence-electron chi connectivity index (χ3n) is 3.83. The van der Waals surface area contributed by atoms with Crippen molar-refractivity contribution in [3.05, 3.63) is 71.7 Å². The Balaban J connectivity index is 1.97. The fraction of sp³-hybridized carbons (Fsp3) is 0.111. The first kappa shape index (κ1) is 18.7. The lowest BCUT2D eigenvalue weighted by atomic mass is 10.0. The van der Waals surface area contributed by atoms with Crippen molar-refractivity contribution in [2.75, 3.05) is 0 Å². The predicted octanol–water partition coefficient (Wildman–Crippen LogP) is 3.22. The second-order valence-corrected chi connectivity index (χ2v) is 7.45. The van der Waals surface area contributed by atoms with Gasteiger partial charge in [-0.3, -0.25) is 0 Å². The van der Waals surface area contributed by atoms with E-state index in [1.807, 2.05) is 0 Å². The minimum absolute atomic E-state index is 0.0109. The van der Waals surface area contributed by atoms with Gasteiger partial charge in [0, 0.05) is 5.56 Å². The van der Waals surface area contributed by atoms with Gasteiger partial charge in [-0.2, -0.15) is 0 Å². The van der Waals surface area contributed by atoms with Gasteiger partial charge in [-0.25, -0.2) is 22.3 Å². The summed E-state index contributed by atoms with van der Waals surface area (Å²) in [6.07, 6.45) is 0. The summed E-state index contributed by atoms with van der Waals surface area (Å²) in [6.45, 7) is 1.45. The molecule has 0 fully saturated rings. The zero-order valence-electron chi connectivity index (χ0n) is 14.1. The average Bonchev–Trinajstić information content (AvgIpc) is 3.08. The van der Waals surface area contributed by atoms with Gasteiger partial charge in [0.1, 0.15) is 17.1 Å². The van der Waals surface area contributed by atoms with Crippen LogP contribution in [0, 0.1) is 5.82 Å². The molecule has 1 aromatic heterocycles. The first-order valence-electron chi connectivity index (χ1n) is 7.86. The van der Waals surface area contributed by atoms with E-state index in [-0.39, 0.29) is 21.9 Å². The van der Waals surface area contributed by atoms with Crippen LogP contribution in [-0.4, -0.2) is 24.7 Å². The monoisotopic (exact) mass is 390 g/mol. The molecule has 1 heterocycles. The van der Waals surface area contributed by atoms with Crippen LogP contribution in [0.2, 0.25) is 0 Å². The Bertz CT molecular complexity index is 1060. The highest BCUT2D eigenvalue weighted by atomic mass is 32.2. The number of benzene rings is 2. The van der Waals surface area contributed by atoms with Crippen LogP contribution in [0.15, 0.2) is 64.0 Å². The summed E-state index contributed by atoms with van der Waals surface area (Å²) in [7, 11) is -3.89. The standard InChI is InChI=1S/C18H15FN2O5S/c1-11(21-27(24,25)14-5-3-2-4-6-14)17-15(18(22)23)16(20-26-17)12-7-9-13(19)10-8-12/h2-11,21H,1H3,(H,22,23)/t11-/m1/s1. The van der Waals surface area contributed by atoms with Gasteiger partial charge in [0.2, 0.25) is 10.0 Å². The summed E-state index contributed by atoms with van der Waals surface area (Å²) in [5, 5.41) is 13.3. The summed E-state index contributed by atoms with van der Waals surface area (Å²) in [4.78, 5) is 11.8. The maximum atomic E-state index is 13.1. The molecule has 0 aliphatic rings. The van der Waals surface area contributed by atoms with Crippen LogP contribution < -0.4 is 4.72 Å². The number of hydrogen-bond acceptors (Lipinski definition) is 5. The van der Waals surface area contributed by atoms with Crippen LogP contribution in [0.1, 0.15) is 29.1 Å². The maximum absolute atomic E-state index is 13.1. The predicted molar refractivity (Wildman–Crippen MR) is 94.0 cm³/mol. The topological polar surface area (TPSA) is 110 Å². The van der Waals surface area contributed by atoms with Crippen LogP contribution in [0.5, 0.6) is 0 Å². The number of hydrogen-bond donors (Lipinski definition) is 2. The Morgan fingerprint density at radius 3 is 2.37 bits per heavy atom. The largest absolute Gasteiger partial charge is 0.477 e. The zero-order valence-corrected chi connectivity index (χ0v) is 14.9. The van der Waals surface area contributed by atoms with Crippen LogP contribution in [0.3, 0.4) is 0 Å². The van der Waals surface area contributed by atoms with Crippen molar-refractivity contribution < 1.29 is 27.2 Å². The Kier molecular flexibility index (Phi) is 5.06. The molecule has 0 saturated heterocycles. The lowest BCUT2D eigenvalue weighted by molar-refractivity contribution is 0.0694. The van der Waals surface area contributed by atoms with Crippen LogP contribution in [0.25, 0.3) is 11.3 Å². The van der Waals surface area contributed by atoms with E-state index in [1.165, 1.54) is 31.2 Å². The number of carboxylic acid groups (broad SMARTS) is 1. The second kappa shape index (κ2) is 7.29. The quantitative estimate of drug-likeness (QED) is 0.669. The molecular weight excluding hydrogens is 375 g/mol. The Morgan fingerprint density at radius 2 is 1.78 bits per heavy atom. The summed E-state index contributed by atoms with van der Waals surface area (Å²) in [5.41, 5.74) is 0.0371. The molecule has 2 aromatic carbocycles. The van der Waals surface area contributed by atoms with Crippen molar-refractivity contribution in [3.8, 4) is 11.3 Å². The lowest BCUT2D eigenvalue weighted by Crippen LogP contribution is -2.27. The lowest BCUT2D eigenvalue weighted by Gasteiger charge is -2.12. The summed E-state index contributed by atoms with van der Waals surface area (Å²) >= 11 is 0. The SMILES string of the molecule is C[C@@H](NS(=O)(=O)c1ccccc1)c1onc(-c2ccc(F)cc2)c1C(=O)O. The Hall–Kier alpha value is -3.04. The molecule has 0 aliphatic heterocycles. The van der Waals surface area contributed by atoms with Crippen LogP contribution in [-0.2, 0) is 10.0 Å². The molecule has 0 unspecified atom stereocenters. The molecule has 140 valence electrons. The third-order valence-corrected chi connectivity index (χ3v) is 5.39. The minimum Gasteiger partial charge on any atom is -0.477 e. The van der Waals surface area contributed by atoms with Crippen molar-refractivity contribution in [3.63, 3.8) is 0 Å². The molecule has 0 spiro atoms. The number of rotatable bonds is 6. The Morgan fingerprint density at radius 1 is 1.15 bits per heavy atom. The molecule has 3 rings (SSSR count). The van der Waals surface area contributed by atoms with Gasteiger partial charge in [-0.15, -0.1) is 0 Å². The van der Waals surface area contributed by atoms with Crippen molar-refractivity contribution in [1.82, 2.24) is 9.88 Å². The number of sulfonamides is 1. The summed E-state index contributed by atoms with van der Waals surface area (Å²) in [5.74, 6) is -1.97. The number of nitrogens with one attached hydrogen (secondary N) is 1. The van der Waals surface area contributed by atoms with Gasteiger partial charge in [-0.1, -0.05) is 23.4 Å². The zero-order chi connectivity index (χ0) is 19.6. The van der Waals surface area contributed by atoms with Crippen molar-refractivity contribution in [1.29, 1.82) is 0 Å². The van der Waals surface area contributed by atoms with Gasteiger partial charge in [0.25, 0.3) is 0 Å². The molecule has 0 amide bonds. The van der Waals surface area contributed by atoms with E-state index in [1.54, 1.807) is 18.2 Å². The molecular formula is C18H15FN2O5S. The Labute approximate surface area is 154 Å². The summed E-state index contributed by atoms with van der Waals surface area (Å²) < 4.78 is 45.5. The first-order valence-corrected chi connectivity index (χ1v) is 9.34. The van der Waals surface area contributed by atoms with E-state index in [9.17, 15) is 22.7 Å². The van der Waals surface area contributed by atoms with Gasteiger partial charge < -0.3 is 9.63 Å². The van der Waals surface area contributed by atoms with Gasteiger partial charge in [-0.05, 0) is 43.3 Å². The molecule has 0 radical (unpaired) electrons. The van der Waals surface area contributed by atoms with E-state index < -0.39 is 27.9 Å². The smallest absolute Gasteiger partial charge is 0.341 e. The highest BCUT2D eigenvalue weighted by Gasteiger charge is 2.29. The molecule has 27 heavy (non-hydrogen) atoms. The van der Waals surface area contributed by atoms with Crippen molar-refractivity contribution in [2.24, 2.45) is 0 Å². The van der Waals surface area contributed by atoms with Gasteiger partial charge in [0.15, 0.2) is 5.76 Å². The van der Waals surface area contributed by atoms with Gasteiger partial charge in [0.05, 0.1) is 10.9 Å². The fourth-order valence-corrected chi connectivity index (χ4v) is 3.79. The molecule has 1 atom stereocenters. The van der Waals surface area contributed by atoms with Crippen LogP contribution in [0.4, 0.5) is 4.39 Å². The minimum atomic E-state index is -3.89. The number of aromatic nitrogens is 1. The highest BCUT2D eigenvalue weighted by Crippen LogP contribution is 2.30. The second-order valence-electron chi connectivity index (χ2n) is 5.74. The molecule has 0 saturated carbocycles. The number of halogens is 1. The fourth-order valence-electron chi connectivity index (χ4n) is 2.56. The number of nitrogens with zero attached hydrogens (tertiary/aromatic N) is 1. The van der Waals surface area contributed by atoms with E-state index in [0.29, 0.717) is 5.56 Å². The average molecular weight is 390 g/mol. The maximum Gasteiger partial charge on any atom is 0.341 e. The van der Waals surface area contributed by atoms with Crippen molar-refractivity contribution >= 4 is 16.0 Å². The van der Waals surface area contributed by atoms with Gasteiger partial charge >= 0.3 is 5.97 Å². The highest BCUT2D eigenvalue weighted by molar-refractivity contribution is 7.89. The molecule has 9 heteroatoms. The van der Waals surface area contributed by atoms with E-state index in [0.717, 1.165) is 12.1 Å². The first-order chi connectivity index (χ1) is 12.8. The molecule has 3 aromatic rings. The van der Waals surface area contributed by atoms with E-state index in [4.69, 9.17) is 4.52 Å². The molecule has 0 aliphatic carbocycles. The normalized spacial score (nSPS) is 12.7.